The smallest absolute Gasteiger partial charge is 0.151 e. The molecule has 0 saturated carbocycles. The van der Waals surface area contributed by atoms with Crippen LogP contribution in [0.25, 0.3) is 0 Å². The van der Waals surface area contributed by atoms with Gasteiger partial charge in [-0.25, -0.2) is 4.39 Å². The fourth-order valence-corrected chi connectivity index (χ4v) is 3.30. The molecule has 0 aliphatic heterocycles. The van der Waals surface area contributed by atoms with E-state index in [0.29, 0.717) is 15.9 Å². The van der Waals surface area contributed by atoms with Gasteiger partial charge in [-0.3, -0.25) is 0 Å². The monoisotopic (exact) mass is 339 g/mol. The summed E-state index contributed by atoms with van der Waals surface area (Å²) in [7, 11) is 0. The Kier molecular flexibility index (Phi) is 4.66. The standard InChI is InChI=1S/C15H15BrFNS/c1-9-3-5-12(7-10(9)2)19-13-6-4-11(8-18)14(16)15(13)17/h3-7H,8,18H2,1-2H3. The maximum absolute atomic E-state index is 14.2. The minimum atomic E-state index is -0.244. The van der Waals surface area contributed by atoms with E-state index in [4.69, 9.17) is 5.73 Å². The summed E-state index contributed by atoms with van der Waals surface area (Å²) < 4.78 is 14.7. The van der Waals surface area contributed by atoms with E-state index in [2.05, 4.69) is 41.9 Å². The third kappa shape index (κ3) is 3.19. The Labute approximate surface area is 125 Å². The van der Waals surface area contributed by atoms with Crippen molar-refractivity contribution in [2.75, 3.05) is 0 Å². The third-order valence-corrected chi connectivity index (χ3v) is 4.94. The molecule has 0 amide bonds. The van der Waals surface area contributed by atoms with Crippen LogP contribution >= 0.6 is 27.7 Å². The Morgan fingerprint density at radius 1 is 1.16 bits per heavy atom. The molecule has 0 atom stereocenters. The second-order valence-electron chi connectivity index (χ2n) is 4.40. The second-order valence-corrected chi connectivity index (χ2v) is 6.31. The Hall–Kier alpha value is -0.840. The normalized spacial score (nSPS) is 10.8. The summed E-state index contributed by atoms with van der Waals surface area (Å²) in [5.41, 5.74) is 8.79. The van der Waals surface area contributed by atoms with Gasteiger partial charge in [0.25, 0.3) is 0 Å². The average Bonchev–Trinajstić information content (AvgIpc) is 2.40. The first-order valence-electron chi connectivity index (χ1n) is 5.95. The predicted molar refractivity (Wildman–Crippen MR) is 82.0 cm³/mol. The van der Waals surface area contributed by atoms with Crippen molar-refractivity contribution in [2.45, 2.75) is 30.2 Å². The fraction of sp³-hybridized carbons (Fsp3) is 0.200. The summed E-state index contributed by atoms with van der Waals surface area (Å²) in [6, 6.07) is 9.78. The molecule has 0 radical (unpaired) electrons. The van der Waals surface area contributed by atoms with Crippen molar-refractivity contribution in [3.8, 4) is 0 Å². The molecule has 0 unspecified atom stereocenters. The zero-order valence-electron chi connectivity index (χ0n) is 10.8. The minimum Gasteiger partial charge on any atom is -0.326 e. The van der Waals surface area contributed by atoms with Gasteiger partial charge in [0.2, 0.25) is 0 Å². The van der Waals surface area contributed by atoms with Gasteiger partial charge in [-0.15, -0.1) is 0 Å². The molecule has 0 fully saturated rings. The molecule has 19 heavy (non-hydrogen) atoms. The highest BCUT2D eigenvalue weighted by Crippen LogP contribution is 2.35. The van der Waals surface area contributed by atoms with Crippen molar-refractivity contribution >= 4 is 27.7 Å². The third-order valence-electron chi connectivity index (χ3n) is 3.05. The fourth-order valence-electron chi connectivity index (χ4n) is 1.71. The summed E-state index contributed by atoms with van der Waals surface area (Å²) >= 11 is 4.69. The first-order chi connectivity index (χ1) is 9.02. The van der Waals surface area contributed by atoms with Crippen molar-refractivity contribution < 1.29 is 4.39 Å². The predicted octanol–water partition coefficient (Wildman–Crippen LogP) is 4.81. The van der Waals surface area contributed by atoms with Crippen molar-refractivity contribution in [3.63, 3.8) is 0 Å². The lowest BCUT2D eigenvalue weighted by Gasteiger charge is -2.09. The van der Waals surface area contributed by atoms with Crippen LogP contribution in [-0.4, -0.2) is 0 Å². The van der Waals surface area contributed by atoms with Gasteiger partial charge in [-0.05, 0) is 64.7 Å². The second kappa shape index (κ2) is 6.07. The quantitative estimate of drug-likeness (QED) is 0.867. The molecule has 2 N–H and O–H groups in total. The van der Waals surface area contributed by atoms with E-state index in [1.807, 2.05) is 12.1 Å². The van der Waals surface area contributed by atoms with Crippen LogP contribution in [0.1, 0.15) is 16.7 Å². The molecule has 2 aromatic carbocycles. The Morgan fingerprint density at radius 2 is 1.89 bits per heavy atom. The molecule has 2 aromatic rings. The van der Waals surface area contributed by atoms with E-state index in [1.54, 1.807) is 6.07 Å². The van der Waals surface area contributed by atoms with Crippen LogP contribution < -0.4 is 5.73 Å². The van der Waals surface area contributed by atoms with Gasteiger partial charge in [-0.2, -0.15) is 0 Å². The van der Waals surface area contributed by atoms with Crippen LogP contribution in [0.15, 0.2) is 44.6 Å². The molecule has 0 aromatic heterocycles. The van der Waals surface area contributed by atoms with E-state index in [1.165, 1.54) is 22.9 Å². The lowest BCUT2D eigenvalue weighted by molar-refractivity contribution is 0.592. The molecular formula is C15H15BrFNS. The number of benzene rings is 2. The summed E-state index contributed by atoms with van der Waals surface area (Å²) in [5.74, 6) is -0.244. The van der Waals surface area contributed by atoms with Crippen molar-refractivity contribution in [1.29, 1.82) is 0 Å². The van der Waals surface area contributed by atoms with Crippen LogP contribution in [0.2, 0.25) is 0 Å². The molecule has 4 heteroatoms. The van der Waals surface area contributed by atoms with Crippen LogP contribution in [0.4, 0.5) is 4.39 Å². The lowest BCUT2D eigenvalue weighted by Crippen LogP contribution is -1.99. The Bertz CT molecular complexity index is 613. The largest absolute Gasteiger partial charge is 0.326 e. The lowest BCUT2D eigenvalue weighted by atomic mass is 10.1. The zero-order valence-corrected chi connectivity index (χ0v) is 13.2. The number of nitrogens with two attached hydrogens (primary N) is 1. The van der Waals surface area contributed by atoms with Crippen molar-refractivity contribution in [2.24, 2.45) is 5.73 Å². The van der Waals surface area contributed by atoms with Crippen molar-refractivity contribution in [1.82, 2.24) is 0 Å². The van der Waals surface area contributed by atoms with E-state index in [0.717, 1.165) is 10.5 Å². The van der Waals surface area contributed by atoms with Gasteiger partial charge in [0.1, 0.15) is 0 Å². The van der Waals surface area contributed by atoms with Crippen LogP contribution in [0.5, 0.6) is 0 Å². The Morgan fingerprint density at radius 3 is 2.53 bits per heavy atom. The Balaban J connectivity index is 2.33. The summed E-state index contributed by atoms with van der Waals surface area (Å²) in [4.78, 5) is 1.64. The molecule has 0 aliphatic rings. The molecule has 2 rings (SSSR count). The molecule has 100 valence electrons. The van der Waals surface area contributed by atoms with E-state index >= 15 is 0 Å². The van der Waals surface area contributed by atoms with E-state index < -0.39 is 0 Å². The van der Waals surface area contributed by atoms with Crippen LogP contribution in [0, 0.1) is 19.7 Å². The molecular weight excluding hydrogens is 325 g/mol. The van der Waals surface area contributed by atoms with Gasteiger partial charge >= 0.3 is 0 Å². The van der Waals surface area contributed by atoms with Crippen molar-refractivity contribution in [3.05, 3.63) is 57.3 Å². The average molecular weight is 340 g/mol. The molecule has 1 nitrogen and oxygen atoms in total. The SMILES string of the molecule is Cc1ccc(Sc2ccc(CN)c(Br)c2F)cc1C. The number of hydrogen-bond acceptors (Lipinski definition) is 2. The number of aryl methyl sites for hydroxylation is 2. The number of hydrogen-bond donors (Lipinski definition) is 1. The highest BCUT2D eigenvalue weighted by molar-refractivity contribution is 9.10. The van der Waals surface area contributed by atoms with Gasteiger partial charge in [0, 0.05) is 16.3 Å². The number of halogens is 2. The van der Waals surface area contributed by atoms with Gasteiger partial charge in [-0.1, -0.05) is 23.9 Å². The first kappa shape index (κ1) is 14.6. The highest BCUT2D eigenvalue weighted by Gasteiger charge is 2.11. The molecule has 0 aliphatic carbocycles. The zero-order chi connectivity index (χ0) is 14.0. The summed E-state index contributed by atoms with van der Waals surface area (Å²) in [6.07, 6.45) is 0. The van der Waals surface area contributed by atoms with E-state index in [-0.39, 0.29) is 5.82 Å². The van der Waals surface area contributed by atoms with Gasteiger partial charge in [0.05, 0.1) is 4.47 Å². The summed E-state index contributed by atoms with van der Waals surface area (Å²) in [5, 5.41) is 0. The van der Waals surface area contributed by atoms with Gasteiger partial charge < -0.3 is 5.73 Å². The molecule has 0 spiro atoms. The highest BCUT2D eigenvalue weighted by atomic mass is 79.9. The maximum Gasteiger partial charge on any atom is 0.151 e. The first-order valence-corrected chi connectivity index (χ1v) is 7.56. The van der Waals surface area contributed by atoms with E-state index in [9.17, 15) is 4.39 Å². The van der Waals surface area contributed by atoms with Gasteiger partial charge in [0.15, 0.2) is 5.82 Å². The van der Waals surface area contributed by atoms with Crippen LogP contribution in [-0.2, 0) is 6.54 Å². The molecule has 0 heterocycles. The summed E-state index contributed by atoms with van der Waals surface area (Å²) in [6.45, 7) is 4.45. The topological polar surface area (TPSA) is 26.0 Å². The number of rotatable bonds is 3. The molecule has 0 saturated heterocycles. The van der Waals surface area contributed by atoms with Crippen LogP contribution in [0.3, 0.4) is 0 Å². The maximum atomic E-state index is 14.2. The minimum absolute atomic E-state index is 0.244. The molecule has 0 bridgehead atoms.